The third kappa shape index (κ3) is 4.39. The van der Waals surface area contributed by atoms with E-state index in [9.17, 15) is 8.42 Å². The monoisotopic (exact) mass is 220 g/mol. The standard InChI is InChI=1S/C9H20N2O2S/c1-9-5-2-3-7-11(9)8-4-6-10-14(12)13/h9,14H,2-8H2,1H3,(H,10,12,13). The van der Waals surface area contributed by atoms with Crippen LogP contribution in [0.1, 0.15) is 32.6 Å². The van der Waals surface area contributed by atoms with E-state index in [4.69, 9.17) is 0 Å². The van der Waals surface area contributed by atoms with Gasteiger partial charge in [0.2, 0.25) is 10.9 Å². The van der Waals surface area contributed by atoms with Crippen molar-refractivity contribution in [3.8, 4) is 0 Å². The zero-order valence-electron chi connectivity index (χ0n) is 8.74. The summed E-state index contributed by atoms with van der Waals surface area (Å²) in [6, 6.07) is 0.671. The van der Waals surface area contributed by atoms with Gasteiger partial charge in [-0.25, -0.2) is 13.1 Å². The van der Waals surface area contributed by atoms with Crippen molar-refractivity contribution in [1.82, 2.24) is 9.62 Å². The largest absolute Gasteiger partial charge is 0.301 e. The van der Waals surface area contributed by atoms with Crippen LogP contribution < -0.4 is 4.72 Å². The first-order valence-electron chi connectivity index (χ1n) is 5.32. The Labute approximate surface area is 87.8 Å². The Hall–Kier alpha value is -0.130. The minimum absolute atomic E-state index is 0.571. The summed E-state index contributed by atoms with van der Waals surface area (Å²) >= 11 is 0. The average molecular weight is 220 g/mol. The third-order valence-corrected chi connectivity index (χ3v) is 3.29. The number of piperidine rings is 1. The van der Waals surface area contributed by atoms with E-state index < -0.39 is 10.9 Å². The molecule has 0 amide bonds. The maximum absolute atomic E-state index is 10.2. The molecule has 14 heavy (non-hydrogen) atoms. The first-order valence-corrected chi connectivity index (χ1v) is 6.50. The Morgan fingerprint density at radius 3 is 2.86 bits per heavy atom. The van der Waals surface area contributed by atoms with Crippen molar-refractivity contribution in [2.24, 2.45) is 0 Å². The molecule has 84 valence electrons. The summed E-state index contributed by atoms with van der Waals surface area (Å²) in [6.07, 6.45) is 4.81. The lowest BCUT2D eigenvalue weighted by Gasteiger charge is -2.33. The van der Waals surface area contributed by atoms with Gasteiger partial charge in [0, 0.05) is 12.6 Å². The van der Waals surface area contributed by atoms with Crippen molar-refractivity contribution in [2.45, 2.75) is 38.6 Å². The maximum atomic E-state index is 10.2. The lowest BCUT2D eigenvalue weighted by Crippen LogP contribution is -2.38. The van der Waals surface area contributed by atoms with Crippen LogP contribution in [0.15, 0.2) is 0 Å². The van der Waals surface area contributed by atoms with Gasteiger partial charge < -0.3 is 4.90 Å². The molecule has 0 saturated carbocycles. The number of nitrogens with one attached hydrogen (secondary N) is 1. The number of hydrogen-bond acceptors (Lipinski definition) is 3. The first-order chi connectivity index (χ1) is 6.70. The van der Waals surface area contributed by atoms with Gasteiger partial charge in [0.05, 0.1) is 0 Å². The summed E-state index contributed by atoms with van der Waals surface area (Å²) in [7, 11) is -2.41. The third-order valence-electron chi connectivity index (χ3n) is 2.80. The average Bonchev–Trinajstić information content (AvgIpc) is 2.15. The van der Waals surface area contributed by atoms with Crippen LogP contribution in [0.5, 0.6) is 0 Å². The number of thiol groups is 1. The summed E-state index contributed by atoms with van der Waals surface area (Å²) < 4.78 is 22.9. The van der Waals surface area contributed by atoms with Crippen molar-refractivity contribution >= 4 is 10.9 Å². The molecule has 0 aromatic heterocycles. The van der Waals surface area contributed by atoms with Crippen molar-refractivity contribution < 1.29 is 8.42 Å². The van der Waals surface area contributed by atoms with E-state index in [2.05, 4.69) is 16.5 Å². The van der Waals surface area contributed by atoms with E-state index in [1.54, 1.807) is 0 Å². The quantitative estimate of drug-likeness (QED) is 0.520. The summed E-state index contributed by atoms with van der Waals surface area (Å²) in [6.45, 7) is 5.00. The minimum atomic E-state index is -2.41. The molecular formula is C9H20N2O2S. The lowest BCUT2D eigenvalue weighted by molar-refractivity contribution is 0.159. The second-order valence-electron chi connectivity index (χ2n) is 3.90. The molecule has 4 nitrogen and oxygen atoms in total. The molecule has 1 aliphatic heterocycles. The molecule has 0 aliphatic carbocycles. The fourth-order valence-electron chi connectivity index (χ4n) is 1.94. The van der Waals surface area contributed by atoms with Gasteiger partial charge in [-0.15, -0.1) is 0 Å². The molecule has 0 aromatic carbocycles. The molecule has 0 spiro atoms. The summed E-state index contributed by atoms with van der Waals surface area (Å²) in [5.74, 6) is 0. The zero-order chi connectivity index (χ0) is 10.4. The van der Waals surface area contributed by atoms with Gasteiger partial charge in [-0.1, -0.05) is 6.42 Å². The highest BCUT2D eigenvalue weighted by Crippen LogP contribution is 2.15. The van der Waals surface area contributed by atoms with Gasteiger partial charge in [0.1, 0.15) is 0 Å². The second-order valence-corrected chi connectivity index (χ2v) is 4.73. The van der Waals surface area contributed by atoms with Crippen LogP contribution in [0.2, 0.25) is 0 Å². The Morgan fingerprint density at radius 2 is 2.21 bits per heavy atom. The number of nitrogens with zero attached hydrogens (tertiary/aromatic N) is 1. The van der Waals surface area contributed by atoms with Crippen LogP contribution in [-0.2, 0) is 10.9 Å². The van der Waals surface area contributed by atoms with Crippen molar-refractivity contribution in [1.29, 1.82) is 0 Å². The molecular weight excluding hydrogens is 200 g/mol. The van der Waals surface area contributed by atoms with Crippen LogP contribution in [0.3, 0.4) is 0 Å². The van der Waals surface area contributed by atoms with Crippen molar-refractivity contribution in [3.63, 3.8) is 0 Å². The van der Waals surface area contributed by atoms with E-state index in [0.29, 0.717) is 12.6 Å². The molecule has 0 bridgehead atoms. The maximum Gasteiger partial charge on any atom is 0.201 e. The Bertz CT molecular complexity index is 223. The normalized spacial score (nSPS) is 24.3. The minimum Gasteiger partial charge on any atom is -0.301 e. The highest BCUT2D eigenvalue weighted by atomic mass is 32.2. The lowest BCUT2D eigenvalue weighted by atomic mass is 10.0. The molecule has 5 heteroatoms. The van der Waals surface area contributed by atoms with Gasteiger partial charge in [-0.3, -0.25) is 0 Å². The molecule has 1 N–H and O–H groups in total. The number of hydrogen-bond donors (Lipinski definition) is 2. The highest BCUT2D eigenvalue weighted by molar-refractivity contribution is 7.70. The van der Waals surface area contributed by atoms with Crippen LogP contribution >= 0.6 is 0 Å². The molecule has 1 saturated heterocycles. The predicted molar refractivity (Wildman–Crippen MR) is 57.8 cm³/mol. The molecule has 1 rings (SSSR count). The fraction of sp³-hybridized carbons (Fsp3) is 1.00. The Balaban J connectivity index is 2.10. The molecule has 1 heterocycles. The van der Waals surface area contributed by atoms with Crippen LogP contribution in [0.4, 0.5) is 0 Å². The molecule has 1 atom stereocenters. The SMILES string of the molecule is CC1CCCCN1CCCN[SH](=O)=O. The van der Waals surface area contributed by atoms with Crippen LogP contribution in [0, 0.1) is 0 Å². The predicted octanol–water partition coefficient (Wildman–Crippen LogP) is 0.367. The van der Waals surface area contributed by atoms with E-state index in [-0.39, 0.29) is 0 Å². The molecule has 0 aromatic rings. The molecule has 1 aliphatic rings. The fourth-order valence-corrected chi connectivity index (χ4v) is 2.28. The summed E-state index contributed by atoms with van der Waals surface area (Å²) in [4.78, 5) is 2.45. The Kier molecular flexibility index (Phi) is 5.44. The smallest absolute Gasteiger partial charge is 0.201 e. The molecule has 1 fully saturated rings. The van der Waals surface area contributed by atoms with Crippen molar-refractivity contribution in [3.05, 3.63) is 0 Å². The number of rotatable bonds is 5. The summed E-state index contributed by atoms with van der Waals surface area (Å²) in [5.41, 5.74) is 0. The highest BCUT2D eigenvalue weighted by Gasteiger charge is 2.16. The van der Waals surface area contributed by atoms with Gasteiger partial charge in [0.15, 0.2) is 0 Å². The van der Waals surface area contributed by atoms with Crippen LogP contribution in [-0.4, -0.2) is 39.0 Å². The second kappa shape index (κ2) is 6.37. The summed E-state index contributed by atoms with van der Waals surface area (Å²) in [5, 5.41) is 0. The Morgan fingerprint density at radius 1 is 1.43 bits per heavy atom. The van der Waals surface area contributed by atoms with Crippen molar-refractivity contribution in [2.75, 3.05) is 19.6 Å². The molecule has 1 unspecified atom stereocenters. The van der Waals surface area contributed by atoms with Crippen LogP contribution in [0.25, 0.3) is 0 Å². The van der Waals surface area contributed by atoms with Gasteiger partial charge in [-0.05, 0) is 39.3 Å². The topological polar surface area (TPSA) is 49.4 Å². The van der Waals surface area contributed by atoms with E-state index >= 15 is 0 Å². The first kappa shape index (κ1) is 11.9. The van der Waals surface area contributed by atoms with Gasteiger partial charge in [-0.2, -0.15) is 0 Å². The molecule has 0 radical (unpaired) electrons. The van der Waals surface area contributed by atoms with E-state index in [0.717, 1.165) is 13.0 Å². The van der Waals surface area contributed by atoms with E-state index in [1.165, 1.54) is 25.8 Å². The van der Waals surface area contributed by atoms with Gasteiger partial charge >= 0.3 is 0 Å². The van der Waals surface area contributed by atoms with Gasteiger partial charge in [0.25, 0.3) is 0 Å². The van der Waals surface area contributed by atoms with E-state index in [1.807, 2.05) is 0 Å². The zero-order valence-corrected chi connectivity index (χ0v) is 9.63. The number of likely N-dealkylation sites (tertiary alicyclic amines) is 1.